The van der Waals surface area contributed by atoms with Gasteiger partial charge >= 0.3 is 0 Å². The molecule has 0 aliphatic heterocycles. The van der Waals surface area contributed by atoms with E-state index >= 15 is 0 Å². The Morgan fingerprint density at radius 2 is 2.42 bits per heavy atom. The van der Waals surface area contributed by atoms with Gasteiger partial charge in [0.05, 0.1) is 4.92 Å². The van der Waals surface area contributed by atoms with Crippen LogP contribution in [0.1, 0.15) is 5.69 Å². The van der Waals surface area contributed by atoms with Crippen LogP contribution in [0.2, 0.25) is 0 Å². The maximum atomic E-state index is 12.7. The molecule has 0 spiro atoms. The summed E-state index contributed by atoms with van der Waals surface area (Å²) in [5.41, 5.74) is -0.0331. The number of rotatable bonds is 2. The average molecular weight is 168 g/mol. The fourth-order valence-corrected chi connectivity index (χ4v) is 0.652. The molecule has 4 nitrogen and oxygen atoms in total. The number of nitrogens with zero attached hydrogens (tertiary/aromatic N) is 2. The Bertz CT molecular complexity index is 325. The van der Waals surface area contributed by atoms with E-state index in [1.807, 2.05) is 0 Å². The normalized spacial score (nSPS) is 10.4. The van der Waals surface area contributed by atoms with Crippen LogP contribution in [0.4, 0.5) is 4.39 Å². The van der Waals surface area contributed by atoms with Crippen molar-refractivity contribution in [2.24, 2.45) is 0 Å². The number of halogens is 1. The van der Waals surface area contributed by atoms with Gasteiger partial charge in [-0.1, -0.05) is 0 Å². The van der Waals surface area contributed by atoms with Crippen molar-refractivity contribution >= 4 is 6.08 Å². The Labute approximate surface area is 67.5 Å². The predicted molar refractivity (Wildman–Crippen MR) is 40.2 cm³/mol. The van der Waals surface area contributed by atoms with E-state index in [9.17, 15) is 14.5 Å². The molecule has 1 aromatic rings. The largest absolute Gasteiger partial charge is 0.259 e. The molecule has 0 aliphatic rings. The number of pyridine rings is 1. The van der Waals surface area contributed by atoms with Crippen LogP contribution < -0.4 is 0 Å². The topological polar surface area (TPSA) is 56.0 Å². The van der Waals surface area contributed by atoms with Crippen molar-refractivity contribution in [3.63, 3.8) is 0 Å². The smallest absolute Gasteiger partial charge is 0.236 e. The molecule has 0 saturated heterocycles. The molecule has 1 aromatic heterocycles. The zero-order valence-electron chi connectivity index (χ0n) is 5.98. The van der Waals surface area contributed by atoms with E-state index in [0.29, 0.717) is 6.20 Å². The summed E-state index contributed by atoms with van der Waals surface area (Å²) in [5.74, 6) is -0.574. The minimum absolute atomic E-state index is 0.0331. The maximum Gasteiger partial charge on any atom is 0.236 e. The second-order valence-corrected chi connectivity index (χ2v) is 1.97. The third-order valence-electron chi connectivity index (χ3n) is 1.14. The lowest BCUT2D eigenvalue weighted by Gasteiger charge is -1.90. The number of hydrogen-bond donors (Lipinski definition) is 0. The van der Waals surface area contributed by atoms with Gasteiger partial charge in [0.1, 0.15) is 11.5 Å². The zero-order valence-corrected chi connectivity index (χ0v) is 5.98. The van der Waals surface area contributed by atoms with Crippen LogP contribution in [0.15, 0.2) is 24.5 Å². The van der Waals surface area contributed by atoms with Gasteiger partial charge in [-0.25, -0.2) is 4.39 Å². The van der Waals surface area contributed by atoms with E-state index in [2.05, 4.69) is 4.98 Å². The minimum atomic E-state index is -0.672. The highest BCUT2D eigenvalue weighted by Gasteiger charge is 1.98. The summed E-state index contributed by atoms with van der Waals surface area (Å²) < 4.78 is 12.7. The van der Waals surface area contributed by atoms with Crippen LogP contribution in [-0.2, 0) is 0 Å². The van der Waals surface area contributed by atoms with E-state index in [-0.39, 0.29) is 5.69 Å². The Kier molecular flexibility index (Phi) is 2.47. The Morgan fingerprint density at radius 3 is 3.00 bits per heavy atom. The van der Waals surface area contributed by atoms with Crippen LogP contribution in [0.25, 0.3) is 6.08 Å². The summed E-state index contributed by atoms with van der Waals surface area (Å²) in [6.07, 6.45) is 3.02. The summed E-state index contributed by atoms with van der Waals surface area (Å²) in [6.45, 7) is 0. The fourth-order valence-electron chi connectivity index (χ4n) is 0.652. The molecular formula is C7H5FN2O2. The predicted octanol–water partition coefficient (Wildman–Crippen LogP) is 1.47. The van der Waals surface area contributed by atoms with Gasteiger partial charge < -0.3 is 0 Å². The highest BCUT2D eigenvalue weighted by atomic mass is 19.1. The minimum Gasteiger partial charge on any atom is -0.259 e. The monoisotopic (exact) mass is 168 g/mol. The number of nitro groups is 1. The molecule has 0 unspecified atom stereocenters. The van der Waals surface area contributed by atoms with Crippen LogP contribution in [-0.4, -0.2) is 9.91 Å². The molecule has 1 heterocycles. The molecule has 0 atom stereocenters. The number of aromatic nitrogens is 1. The fraction of sp³-hybridized carbons (Fsp3) is 0. The summed E-state index contributed by atoms with van der Waals surface area (Å²) in [7, 11) is 0. The number of hydrogen-bond acceptors (Lipinski definition) is 3. The maximum absolute atomic E-state index is 12.7. The highest BCUT2D eigenvalue weighted by Crippen LogP contribution is 2.03. The molecule has 1 rings (SSSR count). The molecular weight excluding hydrogens is 163 g/mol. The van der Waals surface area contributed by atoms with Gasteiger partial charge in [-0.2, -0.15) is 0 Å². The van der Waals surface area contributed by atoms with Crippen molar-refractivity contribution in [1.29, 1.82) is 0 Å². The van der Waals surface area contributed by atoms with Gasteiger partial charge in [0, 0.05) is 12.3 Å². The average Bonchev–Trinajstić information content (AvgIpc) is 2.03. The molecule has 0 fully saturated rings. The standard InChI is InChI=1S/C7H5FN2O2/c8-6-2-1-4-9-7(6)3-5-10(11)12/h1-5H. The van der Waals surface area contributed by atoms with E-state index in [4.69, 9.17) is 0 Å². The molecule has 0 amide bonds. The van der Waals surface area contributed by atoms with Gasteiger partial charge in [0.25, 0.3) is 0 Å². The Morgan fingerprint density at radius 1 is 1.67 bits per heavy atom. The van der Waals surface area contributed by atoms with Crippen molar-refractivity contribution < 1.29 is 9.31 Å². The van der Waals surface area contributed by atoms with Gasteiger partial charge in [-0.3, -0.25) is 15.1 Å². The molecule has 0 aliphatic carbocycles. The first-order valence-corrected chi connectivity index (χ1v) is 3.12. The van der Waals surface area contributed by atoms with Crippen LogP contribution in [0.5, 0.6) is 0 Å². The second kappa shape index (κ2) is 3.56. The lowest BCUT2D eigenvalue weighted by Crippen LogP contribution is -1.88. The molecule has 0 N–H and O–H groups in total. The first-order chi connectivity index (χ1) is 5.70. The first-order valence-electron chi connectivity index (χ1n) is 3.12. The highest BCUT2D eigenvalue weighted by molar-refractivity contribution is 5.43. The van der Waals surface area contributed by atoms with E-state index < -0.39 is 10.7 Å². The van der Waals surface area contributed by atoms with Crippen molar-refractivity contribution in [3.05, 3.63) is 46.2 Å². The lowest BCUT2D eigenvalue weighted by molar-refractivity contribution is -0.401. The van der Waals surface area contributed by atoms with Crippen molar-refractivity contribution in [2.45, 2.75) is 0 Å². The van der Waals surface area contributed by atoms with Gasteiger partial charge in [0.15, 0.2) is 0 Å². The van der Waals surface area contributed by atoms with Gasteiger partial charge in [-0.05, 0) is 12.1 Å². The molecule has 12 heavy (non-hydrogen) atoms. The van der Waals surface area contributed by atoms with Crippen LogP contribution in [0, 0.1) is 15.9 Å². The molecule has 5 heteroatoms. The van der Waals surface area contributed by atoms with Crippen LogP contribution in [0.3, 0.4) is 0 Å². The first kappa shape index (κ1) is 8.32. The zero-order chi connectivity index (χ0) is 8.97. The van der Waals surface area contributed by atoms with Crippen molar-refractivity contribution in [3.8, 4) is 0 Å². The SMILES string of the molecule is O=[N+]([O-])C=Cc1ncccc1F. The third-order valence-corrected chi connectivity index (χ3v) is 1.14. The van der Waals surface area contributed by atoms with Crippen molar-refractivity contribution in [1.82, 2.24) is 4.98 Å². The Balaban J connectivity index is 2.89. The van der Waals surface area contributed by atoms with Gasteiger partial charge in [0.2, 0.25) is 6.20 Å². The molecule has 0 radical (unpaired) electrons. The van der Waals surface area contributed by atoms with E-state index in [1.165, 1.54) is 18.3 Å². The summed E-state index contributed by atoms with van der Waals surface area (Å²) >= 11 is 0. The Hall–Kier alpha value is -1.78. The van der Waals surface area contributed by atoms with E-state index in [1.54, 1.807) is 0 Å². The molecule has 0 aromatic carbocycles. The van der Waals surface area contributed by atoms with Gasteiger partial charge in [-0.15, -0.1) is 0 Å². The molecule has 62 valence electrons. The lowest BCUT2D eigenvalue weighted by atomic mass is 10.3. The van der Waals surface area contributed by atoms with E-state index in [0.717, 1.165) is 6.08 Å². The quantitative estimate of drug-likeness (QED) is 0.496. The molecule has 0 saturated carbocycles. The second-order valence-electron chi connectivity index (χ2n) is 1.97. The molecule has 0 bridgehead atoms. The summed E-state index contributed by atoms with van der Waals surface area (Å²) in [5, 5.41) is 9.85. The summed E-state index contributed by atoms with van der Waals surface area (Å²) in [4.78, 5) is 12.8. The van der Waals surface area contributed by atoms with Crippen molar-refractivity contribution in [2.75, 3.05) is 0 Å². The van der Waals surface area contributed by atoms with Crippen LogP contribution >= 0.6 is 0 Å². The summed E-state index contributed by atoms with van der Waals surface area (Å²) in [6, 6.07) is 2.60. The third kappa shape index (κ3) is 2.12.